The maximum absolute atomic E-state index is 12.6. The van der Waals surface area contributed by atoms with Gasteiger partial charge >= 0.3 is 5.97 Å². The van der Waals surface area contributed by atoms with Gasteiger partial charge in [-0.1, -0.05) is 5.16 Å². The number of hydrogen-bond acceptors (Lipinski definition) is 8. The fourth-order valence-electron chi connectivity index (χ4n) is 2.80. The topological polar surface area (TPSA) is 113 Å². The second-order valence-electron chi connectivity index (χ2n) is 5.83. The molecule has 1 amide bonds. The van der Waals surface area contributed by atoms with Gasteiger partial charge in [0.05, 0.1) is 29.4 Å². The summed E-state index contributed by atoms with van der Waals surface area (Å²) in [5.41, 5.74) is 2.27. The lowest BCUT2D eigenvalue weighted by atomic mass is 10.0. The highest BCUT2D eigenvalue weighted by Gasteiger charge is 2.21. The van der Waals surface area contributed by atoms with Crippen LogP contribution in [-0.2, 0) is 9.53 Å². The molecule has 0 atom stereocenters. The molecule has 0 unspecified atom stereocenters. The molecule has 0 spiro atoms. The minimum absolute atomic E-state index is 0.160. The van der Waals surface area contributed by atoms with Crippen LogP contribution in [0.4, 0.5) is 0 Å². The first kappa shape index (κ1) is 16.8. The summed E-state index contributed by atoms with van der Waals surface area (Å²) in [5, 5.41) is 6.90. The van der Waals surface area contributed by atoms with E-state index in [1.165, 1.54) is 7.11 Å². The zero-order valence-corrected chi connectivity index (χ0v) is 14.6. The van der Waals surface area contributed by atoms with Crippen molar-refractivity contribution in [2.75, 3.05) is 20.4 Å². The molecule has 1 aliphatic heterocycles. The van der Waals surface area contributed by atoms with E-state index in [1.54, 1.807) is 31.2 Å². The number of amides is 1. The van der Waals surface area contributed by atoms with E-state index >= 15 is 0 Å². The van der Waals surface area contributed by atoms with Gasteiger partial charge in [-0.25, -0.2) is 4.98 Å². The Morgan fingerprint density at radius 2 is 2.04 bits per heavy atom. The van der Waals surface area contributed by atoms with Crippen LogP contribution >= 0.6 is 0 Å². The molecule has 3 heterocycles. The number of nitrogens with one attached hydrogen (secondary N) is 1. The van der Waals surface area contributed by atoms with Crippen molar-refractivity contribution in [1.82, 2.24) is 15.5 Å². The summed E-state index contributed by atoms with van der Waals surface area (Å²) in [5.74, 6) is 0.235. The Labute approximate surface area is 153 Å². The largest absolute Gasteiger partial charge is 0.468 e. The lowest BCUT2D eigenvalue weighted by Crippen LogP contribution is -2.30. The second kappa shape index (κ2) is 6.60. The van der Waals surface area contributed by atoms with Crippen LogP contribution in [0.2, 0.25) is 0 Å². The van der Waals surface area contributed by atoms with Crippen molar-refractivity contribution in [2.24, 2.45) is 0 Å². The third-order valence-electron chi connectivity index (χ3n) is 4.15. The molecular weight excluding hydrogens is 354 g/mol. The number of carbonyl (C=O) groups is 2. The maximum atomic E-state index is 12.6. The molecule has 2 aromatic heterocycles. The molecule has 1 N–H and O–H groups in total. The van der Waals surface area contributed by atoms with Gasteiger partial charge in [-0.05, 0) is 31.2 Å². The van der Waals surface area contributed by atoms with Crippen molar-refractivity contribution in [2.45, 2.75) is 6.92 Å². The summed E-state index contributed by atoms with van der Waals surface area (Å²) in [6, 6.07) is 6.97. The van der Waals surface area contributed by atoms with Gasteiger partial charge in [0.15, 0.2) is 11.5 Å². The Kier molecular flexibility index (Phi) is 4.11. The van der Waals surface area contributed by atoms with E-state index in [0.717, 1.165) is 5.56 Å². The number of ether oxygens (including phenoxy) is 3. The standard InChI is InChI=1S/C18H15N3O6/c1-9-16-11(17(23)19-7-15(22)24-2)6-12(20-18(16)27-21-9)10-3-4-13-14(5-10)26-8-25-13/h3-6H,7-8H2,1-2H3,(H,19,23). The first-order chi connectivity index (χ1) is 13.1. The van der Waals surface area contributed by atoms with Crippen molar-refractivity contribution < 1.29 is 28.3 Å². The lowest BCUT2D eigenvalue weighted by Gasteiger charge is -2.08. The number of methoxy groups -OCH3 is 1. The Hall–Kier alpha value is -3.62. The highest BCUT2D eigenvalue weighted by atomic mass is 16.7. The summed E-state index contributed by atoms with van der Waals surface area (Å²) >= 11 is 0. The summed E-state index contributed by atoms with van der Waals surface area (Å²) in [6.07, 6.45) is 0. The van der Waals surface area contributed by atoms with Crippen molar-refractivity contribution in [3.8, 4) is 22.8 Å². The molecule has 3 aromatic rings. The van der Waals surface area contributed by atoms with Gasteiger partial charge in [-0.15, -0.1) is 0 Å². The van der Waals surface area contributed by atoms with Gasteiger partial charge in [0.1, 0.15) is 6.54 Å². The molecule has 0 aliphatic carbocycles. The first-order valence-corrected chi connectivity index (χ1v) is 8.09. The van der Waals surface area contributed by atoms with Crippen LogP contribution in [0.1, 0.15) is 16.1 Å². The molecule has 0 fully saturated rings. The summed E-state index contributed by atoms with van der Waals surface area (Å²) in [6.45, 7) is 1.63. The predicted octanol–water partition coefficient (Wildman–Crippen LogP) is 1.83. The molecule has 1 aromatic carbocycles. The number of esters is 1. The molecule has 9 heteroatoms. The average Bonchev–Trinajstić information content (AvgIpc) is 3.31. The van der Waals surface area contributed by atoms with E-state index in [-0.39, 0.29) is 19.1 Å². The van der Waals surface area contributed by atoms with Gasteiger partial charge < -0.3 is 24.1 Å². The summed E-state index contributed by atoms with van der Waals surface area (Å²) in [4.78, 5) is 28.4. The summed E-state index contributed by atoms with van der Waals surface area (Å²) in [7, 11) is 1.25. The number of aryl methyl sites for hydroxylation is 1. The maximum Gasteiger partial charge on any atom is 0.325 e. The highest BCUT2D eigenvalue weighted by molar-refractivity contribution is 6.07. The number of nitrogens with zero attached hydrogens (tertiary/aromatic N) is 2. The molecule has 0 saturated heterocycles. The summed E-state index contributed by atoms with van der Waals surface area (Å²) < 4.78 is 20.5. The third-order valence-corrected chi connectivity index (χ3v) is 4.15. The van der Waals surface area contributed by atoms with Gasteiger partial charge in [-0.3, -0.25) is 9.59 Å². The first-order valence-electron chi connectivity index (χ1n) is 8.09. The number of fused-ring (bicyclic) bond motifs is 2. The normalized spacial score (nSPS) is 12.2. The van der Waals surface area contributed by atoms with Gasteiger partial charge in [0, 0.05) is 5.56 Å². The van der Waals surface area contributed by atoms with E-state index in [0.29, 0.717) is 33.8 Å². The van der Waals surface area contributed by atoms with Crippen LogP contribution in [0, 0.1) is 6.92 Å². The third kappa shape index (κ3) is 3.03. The minimum Gasteiger partial charge on any atom is -0.468 e. The van der Waals surface area contributed by atoms with Crippen LogP contribution in [0.25, 0.3) is 22.4 Å². The van der Waals surface area contributed by atoms with Crippen LogP contribution in [-0.4, -0.2) is 42.5 Å². The SMILES string of the molecule is COC(=O)CNC(=O)c1cc(-c2ccc3c(c2)OCO3)nc2onc(C)c12. The van der Waals surface area contributed by atoms with Crippen molar-refractivity contribution in [3.63, 3.8) is 0 Å². The molecule has 9 nitrogen and oxygen atoms in total. The van der Waals surface area contributed by atoms with Crippen LogP contribution < -0.4 is 14.8 Å². The highest BCUT2D eigenvalue weighted by Crippen LogP contribution is 2.36. The zero-order valence-electron chi connectivity index (χ0n) is 14.6. The molecule has 138 valence electrons. The van der Waals surface area contributed by atoms with Crippen LogP contribution in [0.3, 0.4) is 0 Å². The van der Waals surface area contributed by atoms with Gasteiger partial charge in [0.2, 0.25) is 6.79 Å². The van der Waals surface area contributed by atoms with Crippen LogP contribution in [0.15, 0.2) is 28.8 Å². The number of carbonyl (C=O) groups excluding carboxylic acids is 2. The Morgan fingerprint density at radius 3 is 2.85 bits per heavy atom. The fraction of sp³-hybridized carbons (Fsp3) is 0.222. The zero-order chi connectivity index (χ0) is 19.0. The van der Waals surface area contributed by atoms with Crippen molar-refractivity contribution in [1.29, 1.82) is 0 Å². The van der Waals surface area contributed by atoms with Gasteiger partial charge in [0.25, 0.3) is 11.6 Å². The van der Waals surface area contributed by atoms with Crippen LogP contribution in [0.5, 0.6) is 11.5 Å². The number of benzene rings is 1. The van der Waals surface area contributed by atoms with E-state index < -0.39 is 11.9 Å². The van der Waals surface area contributed by atoms with Crippen molar-refractivity contribution in [3.05, 3.63) is 35.5 Å². The number of aromatic nitrogens is 2. The minimum atomic E-state index is -0.549. The number of hydrogen-bond donors (Lipinski definition) is 1. The Bertz CT molecular complexity index is 1060. The van der Waals surface area contributed by atoms with E-state index in [2.05, 4.69) is 20.2 Å². The van der Waals surface area contributed by atoms with E-state index in [9.17, 15) is 9.59 Å². The number of pyridine rings is 1. The van der Waals surface area contributed by atoms with E-state index in [4.69, 9.17) is 14.0 Å². The Balaban J connectivity index is 1.77. The smallest absolute Gasteiger partial charge is 0.325 e. The van der Waals surface area contributed by atoms with Crippen molar-refractivity contribution >= 4 is 23.0 Å². The monoisotopic (exact) mass is 369 g/mol. The van der Waals surface area contributed by atoms with E-state index in [1.807, 2.05) is 0 Å². The molecule has 0 saturated carbocycles. The predicted molar refractivity (Wildman–Crippen MR) is 92.4 cm³/mol. The Morgan fingerprint density at radius 1 is 1.22 bits per heavy atom. The number of rotatable bonds is 4. The fourth-order valence-corrected chi connectivity index (χ4v) is 2.80. The molecule has 4 rings (SSSR count). The molecule has 0 bridgehead atoms. The molecular formula is C18H15N3O6. The quantitative estimate of drug-likeness (QED) is 0.693. The second-order valence-corrected chi connectivity index (χ2v) is 5.83. The lowest BCUT2D eigenvalue weighted by molar-refractivity contribution is -0.139. The average molecular weight is 369 g/mol. The molecule has 27 heavy (non-hydrogen) atoms. The van der Waals surface area contributed by atoms with Gasteiger partial charge in [-0.2, -0.15) is 0 Å². The molecule has 1 aliphatic rings. The molecule has 0 radical (unpaired) electrons.